The van der Waals surface area contributed by atoms with Crippen LogP contribution in [0.4, 0.5) is 5.69 Å². The second-order valence-corrected chi connectivity index (χ2v) is 7.19. The van der Waals surface area contributed by atoms with Crippen LogP contribution in [-0.2, 0) is 13.1 Å². The van der Waals surface area contributed by atoms with Crippen molar-refractivity contribution in [3.8, 4) is 0 Å². The third-order valence-electron chi connectivity index (χ3n) is 5.23. The van der Waals surface area contributed by atoms with Crippen molar-refractivity contribution in [1.29, 1.82) is 0 Å². The number of anilines is 1. The van der Waals surface area contributed by atoms with Gasteiger partial charge in [0.25, 0.3) is 0 Å². The first-order valence-electron chi connectivity index (χ1n) is 9.35. The maximum absolute atomic E-state index is 6.75. The third kappa shape index (κ3) is 3.60. The number of fused-ring (bicyclic) bond motifs is 1. The maximum Gasteiger partial charge on any atom is 0.136 e. The van der Waals surface area contributed by atoms with Gasteiger partial charge in [-0.15, -0.1) is 0 Å². The van der Waals surface area contributed by atoms with Crippen LogP contribution >= 0.6 is 0 Å². The lowest BCUT2D eigenvalue weighted by atomic mass is 10.0. The number of nitrogens with zero attached hydrogens (tertiary/aromatic N) is 2. The predicted octanol–water partition coefficient (Wildman–Crippen LogP) is 3.72. The average molecular weight is 358 g/mol. The minimum Gasteiger partial charge on any atom is -0.339 e. The van der Waals surface area contributed by atoms with Crippen molar-refractivity contribution in [2.75, 3.05) is 4.90 Å². The monoisotopic (exact) mass is 358 g/mol. The van der Waals surface area contributed by atoms with E-state index in [0.717, 1.165) is 17.8 Å². The van der Waals surface area contributed by atoms with Crippen LogP contribution in [-0.4, -0.2) is 11.2 Å². The minimum absolute atomic E-state index is 0.233. The Labute approximate surface area is 161 Å². The minimum atomic E-state index is -0.297. The summed E-state index contributed by atoms with van der Waals surface area (Å²) in [6.45, 7) is 3.56. The molecule has 1 aliphatic heterocycles. The first-order chi connectivity index (χ1) is 13.1. The summed E-state index contributed by atoms with van der Waals surface area (Å²) in [5.41, 5.74) is 19.3. The lowest BCUT2D eigenvalue weighted by Gasteiger charge is -2.47. The van der Waals surface area contributed by atoms with Crippen LogP contribution in [0.5, 0.6) is 0 Å². The number of hydrogen-bond donors (Lipinski definition) is 2. The van der Waals surface area contributed by atoms with Gasteiger partial charge in [-0.2, -0.15) is 0 Å². The van der Waals surface area contributed by atoms with Crippen molar-refractivity contribution in [3.05, 3.63) is 101 Å². The summed E-state index contributed by atoms with van der Waals surface area (Å²) in [5, 5.41) is 0. The van der Waals surface area contributed by atoms with Gasteiger partial charge in [0.05, 0.1) is 6.17 Å². The summed E-state index contributed by atoms with van der Waals surface area (Å²) >= 11 is 0. The van der Waals surface area contributed by atoms with Crippen LogP contribution in [0, 0.1) is 6.92 Å². The van der Waals surface area contributed by atoms with Gasteiger partial charge >= 0.3 is 0 Å². The van der Waals surface area contributed by atoms with Crippen LogP contribution in [0.25, 0.3) is 0 Å². The van der Waals surface area contributed by atoms with Gasteiger partial charge in [-0.05, 0) is 29.7 Å². The molecule has 1 aliphatic rings. The molecular formula is C23H26N4. The van der Waals surface area contributed by atoms with Crippen molar-refractivity contribution in [1.82, 2.24) is 4.90 Å². The van der Waals surface area contributed by atoms with E-state index in [1.54, 1.807) is 0 Å². The Kier molecular flexibility index (Phi) is 4.94. The van der Waals surface area contributed by atoms with E-state index < -0.39 is 0 Å². The molecule has 0 radical (unpaired) electrons. The highest BCUT2D eigenvalue weighted by Gasteiger charge is 2.35. The summed E-state index contributed by atoms with van der Waals surface area (Å²) < 4.78 is 0. The van der Waals surface area contributed by atoms with E-state index in [4.69, 9.17) is 11.5 Å². The van der Waals surface area contributed by atoms with Gasteiger partial charge in [-0.1, -0.05) is 72.8 Å². The lowest BCUT2D eigenvalue weighted by molar-refractivity contribution is 0.112. The molecule has 4 nitrogen and oxygen atoms in total. The maximum atomic E-state index is 6.75. The molecule has 0 bridgehead atoms. The highest BCUT2D eigenvalue weighted by atomic mass is 15.5. The van der Waals surface area contributed by atoms with Crippen LogP contribution in [0.15, 0.2) is 78.9 Å². The molecular weight excluding hydrogens is 332 g/mol. The molecule has 4 N–H and O–H groups in total. The Bertz CT molecular complexity index is 895. The quantitative estimate of drug-likeness (QED) is 0.746. The van der Waals surface area contributed by atoms with E-state index in [9.17, 15) is 0 Å². The third-order valence-corrected chi connectivity index (χ3v) is 5.23. The molecule has 3 aromatic rings. The number of hydrogen-bond acceptors (Lipinski definition) is 4. The van der Waals surface area contributed by atoms with Gasteiger partial charge < -0.3 is 10.6 Å². The first kappa shape index (κ1) is 17.7. The molecule has 0 spiro atoms. The first-order valence-corrected chi connectivity index (χ1v) is 9.35. The van der Waals surface area contributed by atoms with Gasteiger partial charge in [-0.3, -0.25) is 5.73 Å². The van der Waals surface area contributed by atoms with E-state index in [1.807, 2.05) is 12.1 Å². The molecule has 2 atom stereocenters. The largest absolute Gasteiger partial charge is 0.339 e. The summed E-state index contributed by atoms with van der Waals surface area (Å²) in [7, 11) is 0. The van der Waals surface area contributed by atoms with E-state index in [2.05, 4.69) is 83.5 Å². The fourth-order valence-electron chi connectivity index (χ4n) is 3.76. The van der Waals surface area contributed by atoms with Crippen molar-refractivity contribution in [3.63, 3.8) is 0 Å². The molecule has 4 heteroatoms. The molecule has 1 heterocycles. The average Bonchev–Trinajstić information content (AvgIpc) is 2.70. The van der Waals surface area contributed by atoms with Crippen LogP contribution in [0.3, 0.4) is 0 Å². The fraction of sp³-hybridized carbons (Fsp3) is 0.217. The predicted molar refractivity (Wildman–Crippen MR) is 111 cm³/mol. The van der Waals surface area contributed by atoms with E-state index in [0.29, 0.717) is 6.54 Å². The van der Waals surface area contributed by atoms with Crippen LogP contribution in [0.2, 0.25) is 0 Å². The van der Waals surface area contributed by atoms with Gasteiger partial charge in [0.1, 0.15) is 6.29 Å². The van der Waals surface area contributed by atoms with E-state index in [1.165, 1.54) is 16.7 Å². The van der Waals surface area contributed by atoms with Crippen molar-refractivity contribution >= 4 is 5.69 Å². The van der Waals surface area contributed by atoms with E-state index >= 15 is 0 Å². The standard InChI is InChI=1S/C23H26N4/c1-17-12-13-20-21(14-17)26(15-18-8-4-2-5-9-18)23(25)27(22(20)24)16-19-10-6-3-7-11-19/h2-14,22-23H,15-16,24-25H2,1H3. The van der Waals surface area contributed by atoms with Crippen molar-refractivity contribution in [2.45, 2.75) is 32.5 Å². The molecule has 3 aromatic carbocycles. The zero-order chi connectivity index (χ0) is 18.8. The lowest BCUT2D eigenvalue weighted by Crippen LogP contribution is -2.59. The van der Waals surface area contributed by atoms with Crippen molar-refractivity contribution in [2.24, 2.45) is 11.5 Å². The number of rotatable bonds is 4. The molecule has 0 aromatic heterocycles. The van der Waals surface area contributed by atoms with Gasteiger partial charge in [0, 0.05) is 24.3 Å². The topological polar surface area (TPSA) is 58.5 Å². The Morgan fingerprint density at radius 3 is 2.00 bits per heavy atom. The van der Waals surface area contributed by atoms with E-state index in [-0.39, 0.29) is 12.5 Å². The number of aryl methyl sites for hydroxylation is 1. The molecule has 0 saturated heterocycles. The molecule has 0 amide bonds. The summed E-state index contributed by atoms with van der Waals surface area (Å²) in [6, 6.07) is 27.3. The summed E-state index contributed by atoms with van der Waals surface area (Å²) in [4.78, 5) is 4.42. The highest BCUT2D eigenvalue weighted by Crippen LogP contribution is 2.37. The molecule has 0 fully saturated rings. The molecule has 27 heavy (non-hydrogen) atoms. The smallest absolute Gasteiger partial charge is 0.136 e. The van der Waals surface area contributed by atoms with Gasteiger partial charge in [0.2, 0.25) is 0 Å². The SMILES string of the molecule is Cc1ccc2c(c1)N(Cc1ccccc1)C(N)N(Cc1ccccc1)C2N. The van der Waals surface area contributed by atoms with Crippen molar-refractivity contribution < 1.29 is 0 Å². The second-order valence-electron chi connectivity index (χ2n) is 7.19. The zero-order valence-electron chi connectivity index (χ0n) is 15.6. The highest BCUT2D eigenvalue weighted by molar-refractivity contribution is 5.59. The Morgan fingerprint density at radius 1 is 0.778 bits per heavy atom. The van der Waals surface area contributed by atoms with Crippen LogP contribution < -0.4 is 16.4 Å². The molecule has 4 rings (SSSR count). The molecule has 2 unspecified atom stereocenters. The second kappa shape index (κ2) is 7.53. The van der Waals surface area contributed by atoms with Gasteiger partial charge in [-0.25, -0.2) is 4.90 Å². The molecule has 0 aliphatic carbocycles. The Morgan fingerprint density at radius 2 is 1.37 bits per heavy atom. The zero-order valence-corrected chi connectivity index (χ0v) is 15.6. The fourth-order valence-corrected chi connectivity index (χ4v) is 3.76. The molecule has 0 saturated carbocycles. The summed E-state index contributed by atoms with van der Waals surface area (Å²) in [5.74, 6) is 0. The summed E-state index contributed by atoms with van der Waals surface area (Å²) in [6.07, 6.45) is -0.530. The van der Waals surface area contributed by atoms with Crippen LogP contribution in [0.1, 0.15) is 28.4 Å². The number of benzene rings is 3. The Hall–Kier alpha value is -2.66. The molecule has 138 valence electrons. The Balaban J connectivity index is 1.72. The normalized spacial score (nSPS) is 19.7. The number of nitrogens with two attached hydrogens (primary N) is 2. The van der Waals surface area contributed by atoms with Gasteiger partial charge in [0.15, 0.2) is 0 Å².